The van der Waals surface area contributed by atoms with Gasteiger partial charge in [-0.1, -0.05) is 54.6 Å². The van der Waals surface area contributed by atoms with Gasteiger partial charge in [0.2, 0.25) is 11.6 Å². The maximum atomic E-state index is 13.3. The topological polar surface area (TPSA) is 255 Å². The van der Waals surface area contributed by atoms with Crippen molar-refractivity contribution in [3.63, 3.8) is 0 Å². The summed E-state index contributed by atoms with van der Waals surface area (Å²) in [5.41, 5.74) is 6.59. The number of anilines is 2. The molecule has 0 amide bonds. The average Bonchev–Trinajstić information content (AvgIpc) is 3.06. The number of carbonyl (C=O) groups is 2. The van der Waals surface area contributed by atoms with Crippen molar-refractivity contribution in [3.8, 4) is 11.1 Å². The minimum atomic E-state index is -5.59. The predicted molar refractivity (Wildman–Crippen MR) is 178 cm³/mol. The molecule has 0 saturated carbocycles. The number of allylic oxidation sites excluding steroid dienone is 2. The molecule has 6 rings (SSSR count). The molecular formula is C32H19Li3N4O11S3. The molecule has 2 aliphatic rings. The van der Waals surface area contributed by atoms with E-state index in [2.05, 4.69) is 21.1 Å². The van der Waals surface area contributed by atoms with Crippen LogP contribution in [0.15, 0.2) is 116 Å². The Balaban J connectivity index is 0.00000252. The Kier molecular flexibility index (Phi) is 13.7. The maximum Gasteiger partial charge on any atom is 1.00 e. The summed E-state index contributed by atoms with van der Waals surface area (Å²) in [4.78, 5) is 21.8. The molecule has 0 atom stereocenters. The van der Waals surface area contributed by atoms with Crippen LogP contribution in [0.4, 0.5) is 11.4 Å². The Morgan fingerprint density at radius 2 is 1.09 bits per heavy atom. The maximum absolute atomic E-state index is 13.3. The molecule has 254 valence electrons. The fourth-order valence-electron chi connectivity index (χ4n) is 5.11. The van der Waals surface area contributed by atoms with Crippen molar-refractivity contribution in [1.29, 1.82) is 0 Å². The molecule has 21 heteroatoms. The van der Waals surface area contributed by atoms with Gasteiger partial charge in [0.15, 0.2) is 0 Å². The number of ketones is 2. The fourth-order valence-corrected chi connectivity index (χ4v) is 7.10. The number of nitrogens with one attached hydrogen (secondary N) is 2. The van der Waals surface area contributed by atoms with Gasteiger partial charge < -0.3 is 13.7 Å². The molecule has 0 fully saturated rings. The zero-order chi connectivity index (χ0) is 36.0. The molecule has 2 aliphatic carbocycles. The minimum Gasteiger partial charge on any atom is -0.744 e. The Labute approximate surface area is 339 Å². The zero-order valence-electron chi connectivity index (χ0n) is 27.9. The van der Waals surface area contributed by atoms with Gasteiger partial charge in [0.1, 0.15) is 41.8 Å². The fraction of sp³-hybridized carbons (Fsp3) is 0. The van der Waals surface area contributed by atoms with E-state index in [4.69, 9.17) is 0 Å². The van der Waals surface area contributed by atoms with Crippen LogP contribution in [-0.2, 0) is 35.1 Å². The molecule has 0 radical (unpaired) electrons. The van der Waals surface area contributed by atoms with Gasteiger partial charge in [0.05, 0.1) is 26.1 Å². The SMILES string of the molecule is O=C1C=Cc2ccccc2C1=NNc1ccc(-c2ccc(NN=C3C(=O)c4c(cc(S(=O)(=O)[O-])cc4S(=O)(=O)[O-])C=C3S(=O)(=O)[O-])cc2)cc1.[Li+].[Li+].[Li+]. The van der Waals surface area contributed by atoms with Gasteiger partial charge >= 0.3 is 56.6 Å². The predicted octanol–water partition coefficient (Wildman–Crippen LogP) is -5.86. The zero-order valence-corrected chi connectivity index (χ0v) is 30.4. The van der Waals surface area contributed by atoms with Gasteiger partial charge in [-0.05, 0) is 70.8 Å². The van der Waals surface area contributed by atoms with Crippen LogP contribution in [0.25, 0.3) is 23.3 Å². The molecule has 15 nitrogen and oxygen atoms in total. The molecule has 0 bridgehead atoms. The molecule has 0 heterocycles. The molecule has 0 spiro atoms. The van der Waals surface area contributed by atoms with E-state index in [1.165, 1.54) is 18.2 Å². The van der Waals surface area contributed by atoms with Gasteiger partial charge in [-0.3, -0.25) is 20.4 Å². The smallest absolute Gasteiger partial charge is 0.744 e. The summed E-state index contributed by atoms with van der Waals surface area (Å²) in [6.07, 6.45) is 3.63. The third-order valence-electron chi connectivity index (χ3n) is 7.46. The van der Waals surface area contributed by atoms with Crippen molar-refractivity contribution < 1.29 is 105 Å². The van der Waals surface area contributed by atoms with E-state index < -0.39 is 67.7 Å². The van der Waals surface area contributed by atoms with E-state index in [1.807, 2.05) is 18.2 Å². The van der Waals surface area contributed by atoms with Gasteiger partial charge in [-0.25, -0.2) is 25.3 Å². The molecule has 0 unspecified atom stereocenters. The Hall–Kier alpha value is -3.84. The van der Waals surface area contributed by atoms with Crippen molar-refractivity contribution in [2.24, 2.45) is 10.2 Å². The Morgan fingerprint density at radius 3 is 1.60 bits per heavy atom. The largest absolute Gasteiger partial charge is 1.00 e. The monoisotopic (exact) mass is 752 g/mol. The summed E-state index contributed by atoms with van der Waals surface area (Å²) in [5, 5.41) is 8.01. The Morgan fingerprint density at radius 1 is 0.566 bits per heavy atom. The third-order valence-corrected chi connectivity index (χ3v) is 9.98. The van der Waals surface area contributed by atoms with Crippen LogP contribution in [-0.4, -0.2) is 61.9 Å². The van der Waals surface area contributed by atoms with E-state index >= 15 is 0 Å². The van der Waals surface area contributed by atoms with Crippen molar-refractivity contribution in [2.45, 2.75) is 9.79 Å². The van der Waals surface area contributed by atoms with Gasteiger partial charge in [-0.15, -0.1) is 0 Å². The van der Waals surface area contributed by atoms with Crippen LogP contribution in [0, 0.1) is 0 Å². The number of rotatable bonds is 8. The Bertz CT molecular complexity index is 2590. The van der Waals surface area contributed by atoms with Gasteiger partial charge in [-0.2, -0.15) is 10.2 Å². The number of carbonyl (C=O) groups excluding carboxylic acids is 2. The first-order valence-corrected chi connectivity index (χ1v) is 18.3. The second kappa shape index (κ2) is 16.7. The van der Waals surface area contributed by atoms with Crippen LogP contribution < -0.4 is 67.4 Å². The summed E-state index contributed by atoms with van der Waals surface area (Å²) < 4.78 is 107. The van der Waals surface area contributed by atoms with Crippen LogP contribution in [0.3, 0.4) is 0 Å². The van der Waals surface area contributed by atoms with Crippen molar-refractivity contribution in [1.82, 2.24) is 0 Å². The quantitative estimate of drug-likeness (QED) is 0.0968. The number of hydrogen-bond acceptors (Lipinski definition) is 15. The van der Waals surface area contributed by atoms with Gasteiger partial charge in [0, 0.05) is 11.1 Å². The number of hydrazone groups is 2. The summed E-state index contributed by atoms with van der Waals surface area (Å²) in [5.74, 6) is -1.74. The standard InChI is InChI=1S/C32H22N4O11S3.3Li/c37-26-14-9-20-3-1-2-4-25(20)30(26)35-33-22-10-5-18(6-11-22)19-7-12-23(13-8-19)34-36-31-28(50(45,46)47)16-21-15-24(48(39,40)41)17-27(49(42,43)44)29(21)32(31)38;;;/h1-17,33-34H,(H,39,40,41)(H,42,43,44)(H,45,46,47);;;/q;3*+1/p-3. The van der Waals surface area contributed by atoms with Crippen LogP contribution in [0.2, 0.25) is 0 Å². The molecule has 4 aromatic rings. The summed E-state index contributed by atoms with van der Waals surface area (Å²) in [6, 6.07) is 21.3. The van der Waals surface area contributed by atoms with Crippen molar-refractivity contribution in [3.05, 3.63) is 118 Å². The second-order valence-electron chi connectivity index (χ2n) is 10.7. The summed E-state index contributed by atoms with van der Waals surface area (Å²) >= 11 is 0. The van der Waals surface area contributed by atoms with Gasteiger partial charge in [0.25, 0.3) is 0 Å². The van der Waals surface area contributed by atoms with Crippen LogP contribution >= 0.6 is 0 Å². The van der Waals surface area contributed by atoms with Crippen molar-refractivity contribution >= 4 is 76.9 Å². The van der Waals surface area contributed by atoms with E-state index in [0.29, 0.717) is 29.0 Å². The summed E-state index contributed by atoms with van der Waals surface area (Å²) in [7, 11) is -16.5. The summed E-state index contributed by atoms with van der Waals surface area (Å²) in [6.45, 7) is 0. The molecule has 2 N–H and O–H groups in total. The minimum absolute atomic E-state index is 0. The molecule has 0 saturated heterocycles. The second-order valence-corrected chi connectivity index (χ2v) is 14.7. The van der Waals surface area contributed by atoms with Crippen molar-refractivity contribution in [2.75, 3.05) is 10.9 Å². The number of benzene rings is 4. The average molecular weight is 753 g/mol. The third kappa shape index (κ3) is 9.46. The molecule has 0 aliphatic heterocycles. The normalized spacial score (nSPS) is 15.3. The first kappa shape index (κ1) is 43.6. The number of nitrogens with zero attached hydrogens (tertiary/aromatic N) is 2. The molecule has 0 aromatic heterocycles. The molecular weight excluding hydrogens is 733 g/mol. The molecule has 4 aromatic carbocycles. The van der Waals surface area contributed by atoms with Crippen LogP contribution in [0.1, 0.15) is 27.0 Å². The molecule has 53 heavy (non-hydrogen) atoms. The van der Waals surface area contributed by atoms with E-state index in [-0.39, 0.29) is 79.8 Å². The van der Waals surface area contributed by atoms with E-state index in [9.17, 15) is 48.5 Å². The van der Waals surface area contributed by atoms with Crippen LogP contribution in [0.5, 0.6) is 0 Å². The number of Topliss-reactive ketones (excluding diaryl/α,β-unsaturated/α-hetero) is 1. The number of hydrogen-bond donors (Lipinski definition) is 2. The van der Waals surface area contributed by atoms with E-state index in [1.54, 1.807) is 48.5 Å². The first-order chi connectivity index (χ1) is 23.5. The van der Waals surface area contributed by atoms with E-state index in [0.717, 1.165) is 11.1 Å². The first-order valence-electron chi connectivity index (χ1n) is 14.0. The number of fused-ring (bicyclic) bond motifs is 2.